The summed E-state index contributed by atoms with van der Waals surface area (Å²) in [7, 11) is 0. The van der Waals surface area contributed by atoms with E-state index in [0.29, 0.717) is 18.4 Å². The molecule has 19 heavy (non-hydrogen) atoms. The SMILES string of the molecule is CC(C)(C)OC(=O)N(CC1CCN1)c1ccccn1. The molecular weight excluding hydrogens is 242 g/mol. The van der Waals surface area contributed by atoms with Crippen molar-refractivity contribution in [1.82, 2.24) is 10.3 Å². The second-order valence-corrected chi connectivity index (χ2v) is 5.72. The van der Waals surface area contributed by atoms with Gasteiger partial charge in [0.15, 0.2) is 0 Å². The highest BCUT2D eigenvalue weighted by atomic mass is 16.6. The Morgan fingerprint density at radius 3 is 2.74 bits per heavy atom. The molecule has 1 aliphatic rings. The van der Waals surface area contributed by atoms with E-state index in [1.165, 1.54) is 0 Å². The lowest BCUT2D eigenvalue weighted by atomic mass is 10.1. The Labute approximate surface area is 114 Å². The number of ether oxygens (including phenoxy) is 1. The third kappa shape index (κ3) is 3.92. The molecular formula is C14H21N3O2. The minimum absolute atomic E-state index is 0.328. The van der Waals surface area contributed by atoms with Gasteiger partial charge in [-0.05, 0) is 45.9 Å². The van der Waals surface area contributed by atoms with Gasteiger partial charge in [-0.15, -0.1) is 0 Å². The van der Waals surface area contributed by atoms with Crippen molar-refractivity contribution < 1.29 is 9.53 Å². The molecule has 1 amide bonds. The monoisotopic (exact) mass is 263 g/mol. The highest BCUT2D eigenvalue weighted by Crippen LogP contribution is 2.17. The molecule has 1 atom stereocenters. The first-order valence-corrected chi connectivity index (χ1v) is 6.61. The number of carbonyl (C=O) groups excluding carboxylic acids is 1. The van der Waals surface area contributed by atoms with Gasteiger partial charge in [0.25, 0.3) is 0 Å². The van der Waals surface area contributed by atoms with E-state index in [9.17, 15) is 4.79 Å². The third-order valence-electron chi connectivity index (χ3n) is 2.87. The van der Waals surface area contributed by atoms with Gasteiger partial charge in [0.2, 0.25) is 0 Å². The Morgan fingerprint density at radius 1 is 1.53 bits per heavy atom. The molecule has 104 valence electrons. The quantitative estimate of drug-likeness (QED) is 0.908. The fourth-order valence-electron chi connectivity index (χ4n) is 1.82. The van der Waals surface area contributed by atoms with Crippen molar-refractivity contribution in [3.05, 3.63) is 24.4 Å². The van der Waals surface area contributed by atoms with Gasteiger partial charge in [0.1, 0.15) is 11.4 Å². The molecule has 5 nitrogen and oxygen atoms in total. The lowest BCUT2D eigenvalue weighted by molar-refractivity contribution is 0.0572. The number of hydrogen-bond donors (Lipinski definition) is 1. The third-order valence-corrected chi connectivity index (χ3v) is 2.87. The van der Waals surface area contributed by atoms with E-state index in [0.717, 1.165) is 13.0 Å². The van der Waals surface area contributed by atoms with Gasteiger partial charge in [-0.25, -0.2) is 9.78 Å². The topological polar surface area (TPSA) is 54.5 Å². The van der Waals surface area contributed by atoms with Crippen LogP contribution in [0.4, 0.5) is 10.6 Å². The van der Waals surface area contributed by atoms with Crippen molar-refractivity contribution in [2.45, 2.75) is 38.8 Å². The van der Waals surface area contributed by atoms with E-state index in [1.54, 1.807) is 11.1 Å². The summed E-state index contributed by atoms with van der Waals surface area (Å²) in [6.07, 6.45) is 2.41. The summed E-state index contributed by atoms with van der Waals surface area (Å²) < 4.78 is 5.44. The van der Waals surface area contributed by atoms with Gasteiger partial charge in [0.05, 0.1) is 0 Å². The lowest BCUT2D eigenvalue weighted by Crippen LogP contribution is -2.52. The van der Waals surface area contributed by atoms with Crippen LogP contribution in [0.5, 0.6) is 0 Å². The Morgan fingerprint density at radius 2 is 2.26 bits per heavy atom. The van der Waals surface area contributed by atoms with Gasteiger partial charge in [-0.1, -0.05) is 6.07 Å². The number of pyridine rings is 1. The minimum Gasteiger partial charge on any atom is -0.443 e. The van der Waals surface area contributed by atoms with Crippen molar-refractivity contribution in [1.29, 1.82) is 0 Å². The Balaban J connectivity index is 2.11. The summed E-state index contributed by atoms with van der Waals surface area (Å²) in [5, 5.41) is 3.29. The average molecular weight is 263 g/mol. The molecule has 2 heterocycles. The summed E-state index contributed by atoms with van der Waals surface area (Å²) >= 11 is 0. The van der Waals surface area contributed by atoms with Crippen LogP contribution >= 0.6 is 0 Å². The zero-order valence-corrected chi connectivity index (χ0v) is 11.7. The van der Waals surface area contributed by atoms with Crippen LogP contribution in [-0.4, -0.2) is 35.8 Å². The predicted molar refractivity (Wildman–Crippen MR) is 74.2 cm³/mol. The molecule has 2 rings (SSSR count). The summed E-state index contributed by atoms with van der Waals surface area (Å²) in [5.74, 6) is 0.630. The van der Waals surface area contributed by atoms with Gasteiger partial charge in [0, 0.05) is 18.8 Å². The number of carbonyl (C=O) groups is 1. The van der Waals surface area contributed by atoms with Crippen molar-refractivity contribution in [2.24, 2.45) is 0 Å². The fourth-order valence-corrected chi connectivity index (χ4v) is 1.82. The van der Waals surface area contributed by atoms with Crippen LogP contribution < -0.4 is 10.2 Å². The second kappa shape index (κ2) is 5.57. The molecule has 0 radical (unpaired) electrons. The number of aromatic nitrogens is 1. The van der Waals surface area contributed by atoms with Crippen LogP contribution in [0.15, 0.2) is 24.4 Å². The molecule has 1 saturated heterocycles. The highest BCUT2D eigenvalue weighted by Gasteiger charge is 2.28. The van der Waals surface area contributed by atoms with E-state index < -0.39 is 5.60 Å². The molecule has 0 spiro atoms. The fraction of sp³-hybridized carbons (Fsp3) is 0.571. The number of amides is 1. The summed E-state index contributed by atoms with van der Waals surface area (Å²) in [6, 6.07) is 5.85. The molecule has 1 aromatic rings. The minimum atomic E-state index is -0.503. The second-order valence-electron chi connectivity index (χ2n) is 5.72. The number of rotatable bonds is 3. The lowest BCUT2D eigenvalue weighted by Gasteiger charge is -2.34. The molecule has 1 aliphatic heterocycles. The van der Waals surface area contributed by atoms with Crippen LogP contribution in [-0.2, 0) is 4.74 Å². The van der Waals surface area contributed by atoms with Crippen LogP contribution in [0.1, 0.15) is 27.2 Å². The van der Waals surface area contributed by atoms with Crippen LogP contribution in [0, 0.1) is 0 Å². The molecule has 0 saturated carbocycles. The molecule has 1 unspecified atom stereocenters. The van der Waals surface area contributed by atoms with Gasteiger partial charge in [-0.3, -0.25) is 4.90 Å². The summed E-state index contributed by atoms with van der Waals surface area (Å²) in [5.41, 5.74) is -0.503. The molecule has 0 bridgehead atoms. The first-order valence-electron chi connectivity index (χ1n) is 6.61. The predicted octanol–water partition coefficient (Wildman–Crippen LogP) is 2.19. The maximum absolute atomic E-state index is 12.3. The molecule has 5 heteroatoms. The van der Waals surface area contributed by atoms with Crippen molar-refractivity contribution in [2.75, 3.05) is 18.0 Å². The number of nitrogens with one attached hydrogen (secondary N) is 1. The first kappa shape index (κ1) is 13.8. The molecule has 0 aromatic carbocycles. The summed E-state index contributed by atoms with van der Waals surface area (Å²) in [4.78, 5) is 18.1. The standard InChI is InChI=1S/C14H21N3O2/c1-14(2,3)19-13(18)17(10-11-7-9-15-11)12-6-4-5-8-16-12/h4-6,8,11,15H,7,9-10H2,1-3H3. The number of anilines is 1. The number of hydrogen-bond acceptors (Lipinski definition) is 4. The Kier molecular flexibility index (Phi) is 4.04. The maximum atomic E-state index is 12.3. The Hall–Kier alpha value is -1.62. The smallest absolute Gasteiger partial charge is 0.416 e. The molecule has 0 aliphatic carbocycles. The van der Waals surface area contributed by atoms with Crippen LogP contribution in [0.3, 0.4) is 0 Å². The number of nitrogens with zero attached hydrogens (tertiary/aromatic N) is 2. The molecule has 1 fully saturated rings. The van der Waals surface area contributed by atoms with Crippen molar-refractivity contribution >= 4 is 11.9 Å². The van der Waals surface area contributed by atoms with E-state index in [2.05, 4.69) is 10.3 Å². The van der Waals surface area contributed by atoms with Gasteiger partial charge in [-0.2, -0.15) is 0 Å². The normalized spacial score (nSPS) is 18.6. The first-order chi connectivity index (χ1) is 8.96. The zero-order valence-electron chi connectivity index (χ0n) is 11.7. The van der Waals surface area contributed by atoms with Gasteiger partial charge >= 0.3 is 6.09 Å². The van der Waals surface area contributed by atoms with E-state index in [-0.39, 0.29) is 6.09 Å². The van der Waals surface area contributed by atoms with E-state index in [4.69, 9.17) is 4.74 Å². The van der Waals surface area contributed by atoms with E-state index in [1.807, 2.05) is 39.0 Å². The van der Waals surface area contributed by atoms with Crippen LogP contribution in [0.2, 0.25) is 0 Å². The molecule has 1 aromatic heterocycles. The maximum Gasteiger partial charge on any atom is 0.416 e. The summed E-state index contributed by atoms with van der Waals surface area (Å²) in [6.45, 7) is 7.19. The average Bonchev–Trinajstić information content (AvgIpc) is 2.26. The van der Waals surface area contributed by atoms with E-state index >= 15 is 0 Å². The van der Waals surface area contributed by atoms with Crippen molar-refractivity contribution in [3.8, 4) is 0 Å². The van der Waals surface area contributed by atoms with Gasteiger partial charge < -0.3 is 10.1 Å². The zero-order chi connectivity index (χ0) is 13.9. The van der Waals surface area contributed by atoms with Crippen LogP contribution in [0.25, 0.3) is 0 Å². The Bertz CT molecular complexity index is 424. The molecule has 1 N–H and O–H groups in total. The largest absolute Gasteiger partial charge is 0.443 e. The van der Waals surface area contributed by atoms with Crippen molar-refractivity contribution in [3.63, 3.8) is 0 Å². The highest BCUT2D eigenvalue weighted by molar-refractivity contribution is 5.86.